The standard InChI is InChI=1S/C17H12N4O3/c18-16-14-13(20-21-16)7-12(19-15(14)11-5-6-24-8-11)9-1-3-10(4-2-9)17(22)23/h1-8H,(H,22,23)(H3,18,20,21). The minimum Gasteiger partial charge on any atom is -0.478 e. The largest absolute Gasteiger partial charge is 0.478 e. The normalized spacial score (nSPS) is 11.0. The molecule has 0 spiro atoms. The van der Waals surface area contributed by atoms with Gasteiger partial charge in [-0.2, -0.15) is 5.10 Å². The molecule has 0 fully saturated rings. The highest BCUT2D eigenvalue weighted by atomic mass is 16.4. The van der Waals surface area contributed by atoms with Crippen molar-refractivity contribution >= 4 is 22.7 Å². The monoisotopic (exact) mass is 320 g/mol. The number of rotatable bonds is 3. The van der Waals surface area contributed by atoms with E-state index in [1.807, 2.05) is 6.07 Å². The van der Waals surface area contributed by atoms with E-state index < -0.39 is 5.97 Å². The lowest BCUT2D eigenvalue weighted by atomic mass is 10.0. The molecule has 4 aromatic rings. The molecule has 0 aliphatic carbocycles. The van der Waals surface area contributed by atoms with E-state index in [4.69, 9.17) is 15.3 Å². The lowest BCUT2D eigenvalue weighted by Gasteiger charge is -2.06. The van der Waals surface area contributed by atoms with Crippen LogP contribution in [0, 0.1) is 0 Å². The van der Waals surface area contributed by atoms with Crippen LogP contribution in [0.2, 0.25) is 0 Å². The number of aromatic nitrogens is 3. The number of carboxylic acids is 1. The molecular weight excluding hydrogens is 308 g/mol. The first-order chi connectivity index (χ1) is 11.6. The molecule has 7 nitrogen and oxygen atoms in total. The summed E-state index contributed by atoms with van der Waals surface area (Å²) in [5, 5.41) is 16.7. The average Bonchev–Trinajstić information content (AvgIpc) is 3.25. The van der Waals surface area contributed by atoms with Crippen LogP contribution in [0.25, 0.3) is 33.4 Å². The van der Waals surface area contributed by atoms with Gasteiger partial charge in [-0.05, 0) is 24.3 Å². The number of pyridine rings is 1. The van der Waals surface area contributed by atoms with Crippen molar-refractivity contribution in [2.24, 2.45) is 0 Å². The smallest absolute Gasteiger partial charge is 0.335 e. The van der Waals surface area contributed by atoms with E-state index >= 15 is 0 Å². The third-order valence-electron chi connectivity index (χ3n) is 3.79. The van der Waals surface area contributed by atoms with Gasteiger partial charge in [-0.25, -0.2) is 9.78 Å². The number of fused-ring (bicyclic) bond motifs is 1. The van der Waals surface area contributed by atoms with Gasteiger partial charge >= 0.3 is 5.97 Å². The van der Waals surface area contributed by atoms with Crippen molar-refractivity contribution in [3.8, 4) is 22.5 Å². The number of aromatic carboxylic acids is 1. The maximum absolute atomic E-state index is 11.0. The summed E-state index contributed by atoms with van der Waals surface area (Å²) >= 11 is 0. The molecule has 0 radical (unpaired) electrons. The summed E-state index contributed by atoms with van der Waals surface area (Å²) in [6.45, 7) is 0. The Labute approximate surface area is 135 Å². The average molecular weight is 320 g/mol. The number of nitrogens with zero attached hydrogens (tertiary/aromatic N) is 2. The second-order valence-electron chi connectivity index (χ2n) is 5.28. The number of benzene rings is 1. The van der Waals surface area contributed by atoms with Gasteiger partial charge in [0.1, 0.15) is 0 Å². The molecule has 7 heteroatoms. The number of anilines is 1. The highest BCUT2D eigenvalue weighted by Crippen LogP contribution is 2.33. The number of furan rings is 1. The summed E-state index contributed by atoms with van der Waals surface area (Å²) in [5.74, 6) is -0.605. The van der Waals surface area contributed by atoms with Crippen LogP contribution in [-0.4, -0.2) is 26.3 Å². The highest BCUT2D eigenvalue weighted by Gasteiger charge is 2.15. The van der Waals surface area contributed by atoms with Crippen molar-refractivity contribution in [2.75, 3.05) is 5.73 Å². The number of H-pyrrole nitrogens is 1. The van der Waals surface area contributed by atoms with E-state index in [1.165, 1.54) is 0 Å². The maximum Gasteiger partial charge on any atom is 0.335 e. The molecule has 0 atom stereocenters. The Morgan fingerprint density at radius 3 is 2.62 bits per heavy atom. The van der Waals surface area contributed by atoms with Gasteiger partial charge in [0.2, 0.25) is 0 Å². The fourth-order valence-corrected chi connectivity index (χ4v) is 2.61. The number of nitrogen functional groups attached to an aromatic ring is 1. The molecule has 0 aliphatic rings. The van der Waals surface area contributed by atoms with Gasteiger partial charge in [-0.15, -0.1) is 0 Å². The predicted octanol–water partition coefficient (Wildman–Crippen LogP) is 3.17. The number of aromatic amines is 1. The summed E-state index contributed by atoms with van der Waals surface area (Å²) < 4.78 is 5.15. The van der Waals surface area contributed by atoms with Crippen molar-refractivity contribution in [1.29, 1.82) is 0 Å². The van der Waals surface area contributed by atoms with Gasteiger partial charge in [0.25, 0.3) is 0 Å². The van der Waals surface area contributed by atoms with Crippen molar-refractivity contribution in [1.82, 2.24) is 15.2 Å². The second kappa shape index (κ2) is 5.24. The minimum absolute atomic E-state index is 0.223. The van der Waals surface area contributed by atoms with Gasteiger partial charge in [-0.1, -0.05) is 12.1 Å². The van der Waals surface area contributed by atoms with Crippen molar-refractivity contribution in [3.63, 3.8) is 0 Å². The fraction of sp³-hybridized carbons (Fsp3) is 0. The van der Waals surface area contributed by atoms with Crippen LogP contribution in [0.5, 0.6) is 0 Å². The molecule has 0 amide bonds. The van der Waals surface area contributed by atoms with Gasteiger partial charge in [0.15, 0.2) is 5.82 Å². The second-order valence-corrected chi connectivity index (χ2v) is 5.28. The lowest BCUT2D eigenvalue weighted by Crippen LogP contribution is -1.96. The van der Waals surface area contributed by atoms with E-state index in [0.717, 1.165) is 22.0 Å². The van der Waals surface area contributed by atoms with Crippen LogP contribution >= 0.6 is 0 Å². The molecule has 0 saturated heterocycles. The quantitative estimate of drug-likeness (QED) is 0.533. The zero-order valence-corrected chi connectivity index (χ0v) is 12.4. The summed E-state index contributed by atoms with van der Waals surface area (Å²) in [5.41, 5.74) is 9.83. The Morgan fingerprint density at radius 2 is 1.96 bits per heavy atom. The number of hydrogen-bond acceptors (Lipinski definition) is 5. The third-order valence-corrected chi connectivity index (χ3v) is 3.79. The van der Waals surface area contributed by atoms with Crippen LogP contribution in [0.3, 0.4) is 0 Å². The number of carbonyl (C=O) groups is 1. The van der Waals surface area contributed by atoms with E-state index in [-0.39, 0.29) is 5.56 Å². The molecule has 3 heterocycles. The number of carboxylic acid groups (broad SMARTS) is 1. The SMILES string of the molecule is Nc1n[nH]c2cc(-c3ccc(C(=O)O)cc3)nc(-c3ccoc3)c12. The molecule has 0 aliphatic heterocycles. The topological polar surface area (TPSA) is 118 Å². The van der Waals surface area contributed by atoms with Crippen molar-refractivity contribution < 1.29 is 14.3 Å². The molecule has 1 aromatic carbocycles. The first kappa shape index (κ1) is 14.0. The van der Waals surface area contributed by atoms with Crippen LogP contribution < -0.4 is 5.73 Å². The van der Waals surface area contributed by atoms with E-state index in [9.17, 15) is 4.79 Å². The summed E-state index contributed by atoms with van der Waals surface area (Å²) in [7, 11) is 0. The van der Waals surface area contributed by atoms with Crippen LogP contribution in [0.4, 0.5) is 5.82 Å². The Kier molecular flexibility index (Phi) is 3.06. The predicted molar refractivity (Wildman–Crippen MR) is 88.4 cm³/mol. The van der Waals surface area contributed by atoms with E-state index in [0.29, 0.717) is 17.2 Å². The Hall–Kier alpha value is -3.61. The molecule has 4 rings (SSSR count). The zero-order chi connectivity index (χ0) is 16.7. The van der Waals surface area contributed by atoms with E-state index in [2.05, 4.69) is 15.2 Å². The summed E-state index contributed by atoms with van der Waals surface area (Å²) in [4.78, 5) is 15.7. The molecular formula is C17H12N4O3. The van der Waals surface area contributed by atoms with Crippen LogP contribution in [0.1, 0.15) is 10.4 Å². The summed E-state index contributed by atoms with van der Waals surface area (Å²) in [6, 6.07) is 10.2. The molecule has 0 saturated carbocycles. The number of hydrogen-bond donors (Lipinski definition) is 3. The first-order valence-corrected chi connectivity index (χ1v) is 7.14. The van der Waals surface area contributed by atoms with Crippen LogP contribution in [-0.2, 0) is 0 Å². The van der Waals surface area contributed by atoms with Gasteiger partial charge in [0, 0.05) is 11.1 Å². The molecule has 24 heavy (non-hydrogen) atoms. The molecule has 0 unspecified atom stereocenters. The Bertz CT molecular complexity index is 1030. The fourth-order valence-electron chi connectivity index (χ4n) is 2.61. The zero-order valence-electron chi connectivity index (χ0n) is 12.4. The van der Waals surface area contributed by atoms with Gasteiger partial charge in [-0.3, -0.25) is 5.10 Å². The maximum atomic E-state index is 11.0. The third kappa shape index (κ3) is 2.19. The van der Waals surface area contributed by atoms with Gasteiger partial charge < -0.3 is 15.3 Å². The summed E-state index contributed by atoms with van der Waals surface area (Å²) in [6.07, 6.45) is 3.15. The Morgan fingerprint density at radius 1 is 1.17 bits per heavy atom. The number of nitrogens with one attached hydrogen (secondary N) is 1. The lowest BCUT2D eigenvalue weighted by molar-refractivity contribution is 0.0697. The van der Waals surface area contributed by atoms with Crippen molar-refractivity contribution in [3.05, 3.63) is 54.5 Å². The molecule has 0 bridgehead atoms. The molecule has 4 N–H and O–H groups in total. The van der Waals surface area contributed by atoms with Gasteiger partial charge in [0.05, 0.1) is 40.4 Å². The van der Waals surface area contributed by atoms with Crippen LogP contribution in [0.15, 0.2) is 53.3 Å². The highest BCUT2D eigenvalue weighted by molar-refractivity contribution is 6.01. The van der Waals surface area contributed by atoms with E-state index in [1.54, 1.807) is 42.9 Å². The first-order valence-electron chi connectivity index (χ1n) is 7.14. The minimum atomic E-state index is -0.967. The number of nitrogens with two attached hydrogens (primary N) is 1. The van der Waals surface area contributed by atoms with Crippen molar-refractivity contribution in [2.45, 2.75) is 0 Å². The molecule has 3 aromatic heterocycles. The molecule has 118 valence electrons. The Balaban J connectivity index is 1.92.